The second-order valence-corrected chi connectivity index (χ2v) is 7.48. The van der Waals surface area contributed by atoms with E-state index in [1.54, 1.807) is 54.9 Å². The third kappa shape index (κ3) is 4.77. The molecule has 28 heavy (non-hydrogen) atoms. The van der Waals surface area contributed by atoms with Crippen LogP contribution in [0.1, 0.15) is 5.56 Å². The van der Waals surface area contributed by atoms with Gasteiger partial charge in [-0.15, -0.1) is 0 Å². The van der Waals surface area contributed by atoms with Gasteiger partial charge >= 0.3 is 0 Å². The average molecular weight is 395 g/mol. The number of aromatic nitrogens is 2. The number of hydrogen-bond donors (Lipinski definition) is 1. The zero-order valence-corrected chi connectivity index (χ0v) is 15.5. The van der Waals surface area contributed by atoms with Crippen LogP contribution in [-0.4, -0.2) is 37.1 Å². The molecule has 0 spiro atoms. The molecule has 0 atom stereocenters. The van der Waals surface area contributed by atoms with E-state index in [0.29, 0.717) is 5.56 Å². The number of hydrazone groups is 1. The second-order valence-electron chi connectivity index (χ2n) is 5.62. The number of rotatable bonds is 7. The molecule has 8 nitrogen and oxygen atoms in total. The molecule has 0 saturated carbocycles. The lowest BCUT2D eigenvalue weighted by atomic mass is 10.3. The lowest BCUT2D eigenvalue weighted by molar-refractivity contribution is -0.119. The van der Waals surface area contributed by atoms with Gasteiger partial charge in [-0.1, -0.05) is 24.3 Å². The standard InChI is InChI=1S/C19H17N5O3S/c25-19(23-22-13-16-6-4-10-20-12-16)15-24(17-7-5-11-21-14-17)28(26,27)18-8-2-1-3-9-18/h1-14H,15H2,(H,23,25). The summed E-state index contributed by atoms with van der Waals surface area (Å²) in [7, 11) is -3.96. The van der Waals surface area contributed by atoms with Crippen LogP contribution in [0.3, 0.4) is 0 Å². The molecule has 3 aromatic rings. The Bertz CT molecular complexity index is 1040. The van der Waals surface area contributed by atoms with Crippen LogP contribution in [0.4, 0.5) is 5.69 Å². The number of pyridine rings is 2. The number of sulfonamides is 1. The molecular formula is C19H17N5O3S. The van der Waals surface area contributed by atoms with Crippen molar-refractivity contribution >= 4 is 27.8 Å². The molecule has 2 heterocycles. The van der Waals surface area contributed by atoms with E-state index < -0.39 is 22.5 Å². The fourth-order valence-electron chi connectivity index (χ4n) is 2.33. The topological polar surface area (TPSA) is 105 Å². The maximum absolute atomic E-state index is 13.0. The first-order chi connectivity index (χ1) is 13.6. The van der Waals surface area contributed by atoms with Crippen LogP contribution in [0.25, 0.3) is 0 Å². The number of carbonyl (C=O) groups excluding carboxylic acids is 1. The quantitative estimate of drug-likeness (QED) is 0.485. The highest BCUT2D eigenvalue weighted by atomic mass is 32.2. The molecule has 0 fully saturated rings. The predicted octanol–water partition coefficient (Wildman–Crippen LogP) is 1.82. The Hall–Kier alpha value is -3.59. The summed E-state index contributed by atoms with van der Waals surface area (Å²) in [5.41, 5.74) is 3.30. The number of carbonyl (C=O) groups is 1. The van der Waals surface area contributed by atoms with Gasteiger partial charge in [0.15, 0.2) is 0 Å². The zero-order chi connectivity index (χ0) is 19.8. The van der Waals surface area contributed by atoms with E-state index in [9.17, 15) is 13.2 Å². The maximum Gasteiger partial charge on any atom is 0.264 e. The van der Waals surface area contributed by atoms with Crippen molar-refractivity contribution < 1.29 is 13.2 Å². The van der Waals surface area contributed by atoms with E-state index in [4.69, 9.17) is 0 Å². The molecule has 1 amide bonds. The van der Waals surface area contributed by atoms with Crippen molar-refractivity contribution in [2.75, 3.05) is 10.8 Å². The Morgan fingerprint density at radius 1 is 1.00 bits per heavy atom. The molecule has 0 aliphatic heterocycles. The molecule has 0 bridgehead atoms. The molecule has 1 aromatic carbocycles. The van der Waals surface area contributed by atoms with Gasteiger partial charge in [-0.2, -0.15) is 5.10 Å². The monoisotopic (exact) mass is 395 g/mol. The summed E-state index contributed by atoms with van der Waals surface area (Å²) in [6, 6.07) is 14.6. The van der Waals surface area contributed by atoms with Crippen LogP contribution in [0, 0.1) is 0 Å². The Balaban J connectivity index is 1.80. The molecule has 0 aliphatic carbocycles. The van der Waals surface area contributed by atoms with E-state index in [2.05, 4.69) is 20.5 Å². The Kier molecular flexibility index (Phi) is 6.07. The first kappa shape index (κ1) is 19.2. The van der Waals surface area contributed by atoms with Crippen LogP contribution in [0.5, 0.6) is 0 Å². The Morgan fingerprint density at radius 3 is 2.36 bits per heavy atom. The molecule has 0 radical (unpaired) electrons. The molecule has 3 rings (SSSR count). The summed E-state index contributed by atoms with van der Waals surface area (Å²) in [5, 5.41) is 3.84. The summed E-state index contributed by atoms with van der Waals surface area (Å²) in [5.74, 6) is -0.594. The van der Waals surface area contributed by atoms with Gasteiger partial charge in [0.25, 0.3) is 15.9 Å². The molecule has 1 N–H and O–H groups in total. The highest BCUT2D eigenvalue weighted by Crippen LogP contribution is 2.22. The predicted molar refractivity (Wildman–Crippen MR) is 105 cm³/mol. The van der Waals surface area contributed by atoms with E-state index >= 15 is 0 Å². The van der Waals surface area contributed by atoms with Crippen molar-refractivity contribution in [3.05, 3.63) is 84.9 Å². The molecule has 0 saturated heterocycles. The van der Waals surface area contributed by atoms with Crippen LogP contribution in [0.2, 0.25) is 0 Å². The van der Waals surface area contributed by atoms with Crippen molar-refractivity contribution in [2.45, 2.75) is 4.90 Å². The number of nitrogens with one attached hydrogen (secondary N) is 1. The van der Waals surface area contributed by atoms with E-state index in [1.165, 1.54) is 30.7 Å². The summed E-state index contributed by atoms with van der Waals surface area (Å²) < 4.78 is 27.1. The molecule has 0 aliphatic rings. The minimum absolute atomic E-state index is 0.0746. The summed E-state index contributed by atoms with van der Waals surface area (Å²) >= 11 is 0. The third-order valence-corrected chi connectivity index (χ3v) is 5.43. The smallest absolute Gasteiger partial charge is 0.264 e. The van der Waals surface area contributed by atoms with Crippen molar-refractivity contribution in [1.29, 1.82) is 0 Å². The highest BCUT2D eigenvalue weighted by Gasteiger charge is 2.27. The largest absolute Gasteiger partial charge is 0.271 e. The number of amides is 1. The fourth-order valence-corrected chi connectivity index (χ4v) is 3.76. The average Bonchev–Trinajstić information content (AvgIpc) is 2.74. The second kappa shape index (κ2) is 8.87. The van der Waals surface area contributed by atoms with Crippen LogP contribution >= 0.6 is 0 Å². The van der Waals surface area contributed by atoms with Crippen LogP contribution in [-0.2, 0) is 14.8 Å². The van der Waals surface area contributed by atoms with Gasteiger partial charge in [-0.05, 0) is 30.3 Å². The number of nitrogens with zero attached hydrogens (tertiary/aromatic N) is 4. The van der Waals surface area contributed by atoms with Crippen LogP contribution in [0.15, 0.2) is 89.4 Å². The van der Waals surface area contributed by atoms with E-state index in [0.717, 1.165) is 4.31 Å². The highest BCUT2D eigenvalue weighted by molar-refractivity contribution is 7.92. The van der Waals surface area contributed by atoms with Gasteiger partial charge in [0.05, 0.1) is 23.0 Å². The Labute approximate surface area is 162 Å². The van der Waals surface area contributed by atoms with Gasteiger partial charge in [0.2, 0.25) is 0 Å². The Morgan fingerprint density at radius 2 is 1.71 bits per heavy atom. The van der Waals surface area contributed by atoms with Gasteiger partial charge in [0, 0.05) is 24.2 Å². The van der Waals surface area contributed by atoms with Gasteiger partial charge in [-0.25, -0.2) is 13.8 Å². The van der Waals surface area contributed by atoms with E-state index in [1.807, 2.05) is 0 Å². The van der Waals surface area contributed by atoms with Crippen LogP contribution < -0.4 is 9.73 Å². The lowest BCUT2D eigenvalue weighted by Gasteiger charge is -2.23. The fraction of sp³-hybridized carbons (Fsp3) is 0.0526. The summed E-state index contributed by atoms with van der Waals surface area (Å²) in [4.78, 5) is 20.3. The SMILES string of the molecule is O=C(CN(c1cccnc1)S(=O)(=O)c1ccccc1)NN=Cc1cccnc1. The summed E-state index contributed by atoms with van der Waals surface area (Å²) in [6.07, 6.45) is 7.53. The first-order valence-corrected chi connectivity index (χ1v) is 9.71. The molecular weight excluding hydrogens is 378 g/mol. The third-order valence-electron chi connectivity index (χ3n) is 3.64. The normalized spacial score (nSPS) is 11.3. The summed E-state index contributed by atoms with van der Waals surface area (Å²) in [6.45, 7) is -0.451. The first-order valence-electron chi connectivity index (χ1n) is 8.27. The minimum Gasteiger partial charge on any atom is -0.271 e. The van der Waals surface area contributed by atoms with E-state index in [-0.39, 0.29) is 10.6 Å². The van der Waals surface area contributed by atoms with Crippen molar-refractivity contribution in [1.82, 2.24) is 15.4 Å². The number of hydrogen-bond acceptors (Lipinski definition) is 6. The maximum atomic E-state index is 13.0. The molecule has 0 unspecified atom stereocenters. The molecule has 2 aromatic heterocycles. The minimum atomic E-state index is -3.96. The lowest BCUT2D eigenvalue weighted by Crippen LogP contribution is -2.39. The van der Waals surface area contributed by atoms with Crippen molar-refractivity contribution in [2.24, 2.45) is 5.10 Å². The van der Waals surface area contributed by atoms with Crippen molar-refractivity contribution in [3.63, 3.8) is 0 Å². The number of anilines is 1. The van der Waals surface area contributed by atoms with Crippen molar-refractivity contribution in [3.8, 4) is 0 Å². The van der Waals surface area contributed by atoms with Gasteiger partial charge in [0.1, 0.15) is 6.54 Å². The molecule has 142 valence electrons. The van der Waals surface area contributed by atoms with Gasteiger partial charge < -0.3 is 0 Å². The number of benzene rings is 1. The molecule has 9 heteroatoms. The van der Waals surface area contributed by atoms with Gasteiger partial charge in [-0.3, -0.25) is 19.1 Å². The zero-order valence-electron chi connectivity index (χ0n) is 14.7.